The molecule has 0 N–H and O–H groups in total. The van der Waals surface area contributed by atoms with E-state index in [4.69, 9.17) is 27.9 Å². The zero-order chi connectivity index (χ0) is 14.9. The molecule has 2 bridgehead atoms. The molecule has 0 radical (unpaired) electrons. The Kier molecular flexibility index (Phi) is 2.60. The van der Waals surface area contributed by atoms with Gasteiger partial charge in [-0.05, 0) is 25.1 Å². The number of fused-ring (bicyclic) bond motifs is 5. The minimum atomic E-state index is -0.687. The first-order valence-electron chi connectivity index (χ1n) is 6.62. The molecule has 6 heteroatoms. The molecule has 4 rings (SSSR count). The highest BCUT2D eigenvalue weighted by atomic mass is 35.5. The van der Waals surface area contributed by atoms with Crippen LogP contribution < -0.4 is 4.90 Å². The maximum Gasteiger partial charge on any atom is 0.241 e. The van der Waals surface area contributed by atoms with Crippen LogP contribution in [0.2, 0.25) is 10.0 Å². The van der Waals surface area contributed by atoms with E-state index in [-0.39, 0.29) is 17.9 Å². The van der Waals surface area contributed by atoms with Crippen molar-refractivity contribution >= 4 is 40.7 Å². The van der Waals surface area contributed by atoms with E-state index in [9.17, 15) is 9.59 Å². The highest BCUT2D eigenvalue weighted by Gasteiger charge is 2.66. The van der Waals surface area contributed by atoms with Gasteiger partial charge in [-0.2, -0.15) is 0 Å². The summed E-state index contributed by atoms with van der Waals surface area (Å²) in [6.45, 7) is 1.84. The molecule has 2 fully saturated rings. The minimum Gasteiger partial charge on any atom is -0.362 e. The molecule has 0 spiro atoms. The molecule has 1 aromatic rings. The van der Waals surface area contributed by atoms with Crippen molar-refractivity contribution in [2.45, 2.75) is 18.6 Å². The van der Waals surface area contributed by atoms with Gasteiger partial charge in [-0.15, -0.1) is 0 Å². The van der Waals surface area contributed by atoms with Crippen LogP contribution in [-0.4, -0.2) is 23.5 Å². The molecule has 3 aliphatic rings. The number of halogens is 2. The molecule has 4 nitrogen and oxygen atoms in total. The van der Waals surface area contributed by atoms with Crippen molar-refractivity contribution in [3.63, 3.8) is 0 Å². The number of amides is 2. The van der Waals surface area contributed by atoms with Gasteiger partial charge >= 0.3 is 0 Å². The standard InChI is InChI=1S/C15H11Cl2NO3/c1-15-5-4-10(21-15)11-12(15)14(20)18(13(11)19)7-2-3-8(16)9(17)6-7/h2-6,10-12H,1H3/t10-,11-,12-,15-/m1/s1. The number of carbonyl (C=O) groups is 2. The summed E-state index contributed by atoms with van der Waals surface area (Å²) >= 11 is 11.9. The monoisotopic (exact) mass is 323 g/mol. The summed E-state index contributed by atoms with van der Waals surface area (Å²) in [5.74, 6) is -1.38. The zero-order valence-corrected chi connectivity index (χ0v) is 12.6. The second kappa shape index (κ2) is 4.09. The van der Waals surface area contributed by atoms with Crippen molar-refractivity contribution in [3.8, 4) is 0 Å². The topological polar surface area (TPSA) is 46.6 Å². The number of hydrogen-bond donors (Lipinski definition) is 0. The van der Waals surface area contributed by atoms with Gasteiger partial charge in [0.2, 0.25) is 11.8 Å². The normalized spacial score (nSPS) is 36.7. The van der Waals surface area contributed by atoms with Gasteiger partial charge < -0.3 is 4.74 Å². The molecular formula is C15H11Cl2NO3. The fourth-order valence-corrected chi connectivity index (χ4v) is 3.82. The Morgan fingerprint density at radius 3 is 2.62 bits per heavy atom. The van der Waals surface area contributed by atoms with Crippen molar-refractivity contribution in [2.24, 2.45) is 11.8 Å². The second-order valence-corrected chi connectivity index (χ2v) is 6.55. The van der Waals surface area contributed by atoms with E-state index in [1.807, 2.05) is 19.1 Å². The van der Waals surface area contributed by atoms with E-state index in [2.05, 4.69) is 0 Å². The number of nitrogens with zero attached hydrogens (tertiary/aromatic N) is 1. The lowest BCUT2D eigenvalue weighted by molar-refractivity contribution is -0.126. The predicted octanol–water partition coefficient (Wildman–Crippen LogP) is 2.83. The number of hydrogen-bond acceptors (Lipinski definition) is 3. The fraction of sp³-hybridized carbons (Fsp3) is 0.333. The molecule has 3 heterocycles. The predicted molar refractivity (Wildman–Crippen MR) is 78.4 cm³/mol. The third-order valence-corrected chi connectivity index (χ3v) is 5.23. The Balaban J connectivity index is 1.78. The van der Waals surface area contributed by atoms with Crippen LogP contribution in [0.3, 0.4) is 0 Å². The lowest BCUT2D eigenvalue weighted by Gasteiger charge is -2.24. The Labute approximate surface area is 131 Å². The van der Waals surface area contributed by atoms with Gasteiger partial charge in [-0.3, -0.25) is 9.59 Å². The van der Waals surface area contributed by atoms with Crippen LogP contribution in [-0.2, 0) is 14.3 Å². The van der Waals surface area contributed by atoms with Gasteiger partial charge in [0.25, 0.3) is 0 Å². The molecule has 0 aliphatic carbocycles. The molecule has 0 aromatic heterocycles. The van der Waals surface area contributed by atoms with Gasteiger partial charge in [-0.25, -0.2) is 4.90 Å². The zero-order valence-electron chi connectivity index (χ0n) is 11.0. The summed E-state index contributed by atoms with van der Waals surface area (Å²) < 4.78 is 5.77. The molecule has 4 atom stereocenters. The van der Waals surface area contributed by atoms with Crippen LogP contribution in [0.25, 0.3) is 0 Å². The number of imide groups is 1. The number of ether oxygens (including phenoxy) is 1. The first-order chi connectivity index (χ1) is 9.92. The van der Waals surface area contributed by atoms with Crippen molar-refractivity contribution in [1.82, 2.24) is 0 Å². The van der Waals surface area contributed by atoms with E-state index in [1.165, 1.54) is 4.90 Å². The fourth-order valence-electron chi connectivity index (χ4n) is 3.53. The molecular weight excluding hydrogens is 313 g/mol. The Bertz CT molecular complexity index is 717. The SMILES string of the molecule is C[C@]12C=C[C@@H](O1)[C@H]1C(=O)N(c3ccc(Cl)c(Cl)c3)C(=O)[C@@H]12. The number of anilines is 1. The van der Waals surface area contributed by atoms with E-state index >= 15 is 0 Å². The van der Waals surface area contributed by atoms with Crippen LogP contribution in [0.1, 0.15) is 6.92 Å². The van der Waals surface area contributed by atoms with E-state index in [0.717, 1.165) is 0 Å². The van der Waals surface area contributed by atoms with Crippen LogP contribution >= 0.6 is 23.2 Å². The van der Waals surface area contributed by atoms with Crippen molar-refractivity contribution < 1.29 is 14.3 Å². The third-order valence-electron chi connectivity index (χ3n) is 4.49. The molecule has 2 saturated heterocycles. The number of carbonyl (C=O) groups excluding carboxylic acids is 2. The average molecular weight is 324 g/mol. The van der Waals surface area contributed by atoms with Crippen molar-refractivity contribution in [2.75, 3.05) is 4.90 Å². The lowest BCUT2D eigenvalue weighted by atomic mass is 9.78. The van der Waals surface area contributed by atoms with Crippen LogP contribution in [0.15, 0.2) is 30.4 Å². The number of rotatable bonds is 1. The molecule has 0 saturated carbocycles. The molecule has 108 valence electrons. The molecule has 3 aliphatic heterocycles. The molecule has 0 unspecified atom stereocenters. The summed E-state index contributed by atoms with van der Waals surface area (Å²) in [4.78, 5) is 26.6. The summed E-state index contributed by atoms with van der Waals surface area (Å²) in [7, 11) is 0. The Morgan fingerprint density at radius 1 is 1.19 bits per heavy atom. The second-order valence-electron chi connectivity index (χ2n) is 5.74. The van der Waals surface area contributed by atoms with Gasteiger partial charge in [0.05, 0.1) is 39.3 Å². The summed E-state index contributed by atoms with van der Waals surface area (Å²) in [6, 6.07) is 4.75. The number of benzene rings is 1. The molecule has 2 amide bonds. The smallest absolute Gasteiger partial charge is 0.241 e. The maximum atomic E-state index is 12.7. The third kappa shape index (κ3) is 1.61. The minimum absolute atomic E-state index is 0.235. The quantitative estimate of drug-likeness (QED) is 0.589. The summed E-state index contributed by atoms with van der Waals surface area (Å²) in [5, 5.41) is 0.701. The van der Waals surface area contributed by atoms with Crippen LogP contribution in [0.4, 0.5) is 5.69 Å². The highest BCUT2D eigenvalue weighted by Crippen LogP contribution is 2.52. The van der Waals surface area contributed by atoms with Gasteiger partial charge in [0.15, 0.2) is 0 Å². The Morgan fingerprint density at radius 2 is 1.95 bits per heavy atom. The lowest BCUT2D eigenvalue weighted by Crippen LogP contribution is -2.38. The largest absolute Gasteiger partial charge is 0.362 e. The van der Waals surface area contributed by atoms with Gasteiger partial charge in [0, 0.05) is 0 Å². The summed E-state index contributed by atoms with van der Waals surface area (Å²) in [6.07, 6.45) is 3.43. The summed E-state index contributed by atoms with van der Waals surface area (Å²) in [5.41, 5.74) is -0.232. The van der Waals surface area contributed by atoms with Crippen molar-refractivity contribution in [1.29, 1.82) is 0 Å². The van der Waals surface area contributed by atoms with Crippen molar-refractivity contribution in [3.05, 3.63) is 40.4 Å². The first kappa shape index (κ1) is 13.3. The Hall–Kier alpha value is -1.36. The van der Waals surface area contributed by atoms with Crippen LogP contribution in [0.5, 0.6) is 0 Å². The molecule has 1 aromatic carbocycles. The average Bonchev–Trinajstić information content (AvgIpc) is 3.03. The van der Waals surface area contributed by atoms with E-state index < -0.39 is 17.4 Å². The maximum absolute atomic E-state index is 12.7. The molecule has 21 heavy (non-hydrogen) atoms. The van der Waals surface area contributed by atoms with E-state index in [0.29, 0.717) is 15.7 Å². The van der Waals surface area contributed by atoms with Crippen LogP contribution in [0, 0.1) is 11.8 Å². The van der Waals surface area contributed by atoms with Gasteiger partial charge in [0.1, 0.15) is 0 Å². The van der Waals surface area contributed by atoms with Gasteiger partial charge in [-0.1, -0.05) is 35.4 Å². The van der Waals surface area contributed by atoms with E-state index in [1.54, 1.807) is 18.2 Å². The highest BCUT2D eigenvalue weighted by molar-refractivity contribution is 6.42. The first-order valence-corrected chi connectivity index (χ1v) is 7.38.